The van der Waals surface area contributed by atoms with Crippen LogP contribution in [-0.4, -0.2) is 16.8 Å². The van der Waals surface area contributed by atoms with Crippen molar-refractivity contribution in [3.8, 4) is 0 Å². The molecule has 2 aromatic rings. The van der Waals surface area contributed by atoms with E-state index in [1.165, 1.54) is 25.5 Å². The minimum atomic E-state index is -0.162. The highest BCUT2D eigenvalue weighted by Gasteiger charge is 2.17. The topological polar surface area (TPSA) is 71.1 Å². The van der Waals surface area contributed by atoms with E-state index in [0.717, 1.165) is 24.1 Å². The van der Waals surface area contributed by atoms with E-state index < -0.39 is 0 Å². The van der Waals surface area contributed by atoms with Gasteiger partial charge in [-0.05, 0) is 48.6 Å². The monoisotopic (exact) mass is 351 g/mol. The normalized spacial score (nSPS) is 14.6. The summed E-state index contributed by atoms with van der Waals surface area (Å²) in [4.78, 5) is 28.3. The minimum Gasteiger partial charge on any atom is -0.348 e. The average molecular weight is 351 g/mol. The molecular weight excluding hydrogens is 326 g/mol. The molecule has 0 radical (unpaired) electrons. The number of carbonyl (C=O) groups excluding carboxylic acids is 2. The molecule has 1 aliphatic carbocycles. The van der Waals surface area contributed by atoms with Crippen LogP contribution < -0.4 is 10.6 Å². The standard InChI is InChI=1S/C21H25N3O2/c25-20(13-16-6-2-1-3-7-16)24-19-10-4-8-17(12-19)14-23-21(26)18-9-5-11-22-15-18/h4-5,8-12,15-16H,1-3,6-7,13-14H2,(H,23,26)(H,24,25). The maximum absolute atomic E-state index is 12.3. The van der Waals surface area contributed by atoms with Gasteiger partial charge >= 0.3 is 0 Å². The van der Waals surface area contributed by atoms with E-state index in [-0.39, 0.29) is 11.8 Å². The van der Waals surface area contributed by atoms with Crippen LogP contribution in [0.3, 0.4) is 0 Å². The predicted octanol–water partition coefficient (Wildman–Crippen LogP) is 3.92. The maximum Gasteiger partial charge on any atom is 0.253 e. The lowest BCUT2D eigenvalue weighted by Gasteiger charge is -2.20. The Morgan fingerprint density at radius 1 is 1.08 bits per heavy atom. The molecule has 26 heavy (non-hydrogen) atoms. The quantitative estimate of drug-likeness (QED) is 0.828. The van der Waals surface area contributed by atoms with Crippen LogP contribution in [0.1, 0.15) is 54.4 Å². The van der Waals surface area contributed by atoms with Crippen molar-refractivity contribution in [2.75, 3.05) is 5.32 Å². The van der Waals surface area contributed by atoms with Gasteiger partial charge in [0.2, 0.25) is 5.91 Å². The maximum atomic E-state index is 12.3. The summed E-state index contributed by atoms with van der Waals surface area (Å²) in [6.07, 6.45) is 9.87. The molecule has 0 bridgehead atoms. The smallest absolute Gasteiger partial charge is 0.253 e. The number of nitrogens with one attached hydrogen (secondary N) is 2. The lowest BCUT2D eigenvalue weighted by atomic mass is 9.87. The van der Waals surface area contributed by atoms with Crippen LogP contribution >= 0.6 is 0 Å². The first kappa shape index (κ1) is 18.1. The molecule has 2 N–H and O–H groups in total. The second-order valence-electron chi connectivity index (χ2n) is 6.88. The van der Waals surface area contributed by atoms with Crippen molar-refractivity contribution < 1.29 is 9.59 Å². The molecule has 1 aliphatic rings. The molecule has 0 unspecified atom stereocenters. The number of amides is 2. The summed E-state index contributed by atoms with van der Waals surface area (Å²) < 4.78 is 0. The van der Waals surface area contributed by atoms with E-state index in [0.29, 0.717) is 24.4 Å². The summed E-state index contributed by atoms with van der Waals surface area (Å²) >= 11 is 0. The van der Waals surface area contributed by atoms with E-state index in [1.54, 1.807) is 18.3 Å². The molecule has 3 rings (SSSR count). The van der Waals surface area contributed by atoms with Gasteiger partial charge in [0.05, 0.1) is 5.56 Å². The van der Waals surface area contributed by atoms with Gasteiger partial charge in [0, 0.05) is 31.0 Å². The van der Waals surface area contributed by atoms with Gasteiger partial charge in [0.1, 0.15) is 0 Å². The molecule has 1 aromatic heterocycles. The fourth-order valence-electron chi connectivity index (χ4n) is 3.41. The first-order valence-electron chi connectivity index (χ1n) is 9.28. The zero-order valence-corrected chi connectivity index (χ0v) is 14.9. The summed E-state index contributed by atoms with van der Waals surface area (Å²) in [5.41, 5.74) is 2.25. The van der Waals surface area contributed by atoms with E-state index in [4.69, 9.17) is 0 Å². The van der Waals surface area contributed by atoms with Gasteiger partial charge in [0.15, 0.2) is 0 Å². The number of hydrogen-bond acceptors (Lipinski definition) is 3. The third kappa shape index (κ3) is 5.41. The summed E-state index contributed by atoms with van der Waals surface area (Å²) in [6, 6.07) is 11.1. The van der Waals surface area contributed by atoms with E-state index in [2.05, 4.69) is 15.6 Å². The number of hydrogen-bond donors (Lipinski definition) is 2. The molecule has 136 valence electrons. The largest absolute Gasteiger partial charge is 0.348 e. The second kappa shape index (κ2) is 9.13. The Kier molecular flexibility index (Phi) is 6.36. The van der Waals surface area contributed by atoms with Crippen molar-refractivity contribution in [1.82, 2.24) is 10.3 Å². The SMILES string of the molecule is O=C(CC1CCCCC1)Nc1cccc(CNC(=O)c2cccnc2)c1. The fraction of sp³-hybridized carbons (Fsp3) is 0.381. The predicted molar refractivity (Wildman–Crippen MR) is 102 cm³/mol. The number of carbonyl (C=O) groups is 2. The van der Waals surface area contributed by atoms with E-state index >= 15 is 0 Å². The van der Waals surface area contributed by atoms with Crippen molar-refractivity contribution in [3.05, 3.63) is 59.9 Å². The first-order chi connectivity index (χ1) is 12.7. The third-order valence-corrected chi connectivity index (χ3v) is 4.79. The van der Waals surface area contributed by atoms with Gasteiger partial charge in [-0.25, -0.2) is 0 Å². The van der Waals surface area contributed by atoms with Crippen molar-refractivity contribution >= 4 is 17.5 Å². The number of rotatable bonds is 6. The zero-order valence-electron chi connectivity index (χ0n) is 14.9. The highest BCUT2D eigenvalue weighted by Crippen LogP contribution is 2.26. The Bertz CT molecular complexity index is 740. The highest BCUT2D eigenvalue weighted by atomic mass is 16.2. The second-order valence-corrected chi connectivity index (χ2v) is 6.88. The molecule has 0 spiro atoms. The number of pyridine rings is 1. The molecule has 5 heteroatoms. The van der Waals surface area contributed by atoms with E-state index in [9.17, 15) is 9.59 Å². The van der Waals surface area contributed by atoms with E-state index in [1.807, 2.05) is 24.3 Å². The first-order valence-corrected chi connectivity index (χ1v) is 9.28. The molecule has 5 nitrogen and oxygen atoms in total. The zero-order chi connectivity index (χ0) is 18.2. The summed E-state index contributed by atoms with van der Waals surface area (Å²) in [6.45, 7) is 0.403. The Morgan fingerprint density at radius 2 is 1.92 bits per heavy atom. The average Bonchev–Trinajstić information content (AvgIpc) is 2.68. The lowest BCUT2D eigenvalue weighted by molar-refractivity contribution is -0.117. The summed E-state index contributed by atoms with van der Waals surface area (Å²) in [7, 11) is 0. The van der Waals surface area contributed by atoms with Crippen LogP contribution in [0.5, 0.6) is 0 Å². The molecular formula is C21H25N3O2. The third-order valence-electron chi connectivity index (χ3n) is 4.79. The van der Waals surface area contributed by atoms with Crippen molar-refractivity contribution in [2.24, 2.45) is 5.92 Å². The van der Waals surface area contributed by atoms with Gasteiger partial charge in [-0.3, -0.25) is 14.6 Å². The van der Waals surface area contributed by atoms with Crippen molar-refractivity contribution in [2.45, 2.75) is 45.1 Å². The fourth-order valence-corrected chi connectivity index (χ4v) is 3.41. The molecule has 1 aromatic carbocycles. The molecule has 1 saturated carbocycles. The Morgan fingerprint density at radius 3 is 2.69 bits per heavy atom. The molecule has 0 atom stereocenters. The van der Waals surface area contributed by atoms with Gasteiger partial charge in [-0.15, -0.1) is 0 Å². The Hall–Kier alpha value is -2.69. The van der Waals surface area contributed by atoms with Gasteiger partial charge in [-0.1, -0.05) is 31.4 Å². The van der Waals surface area contributed by atoms with Crippen molar-refractivity contribution in [1.29, 1.82) is 0 Å². The van der Waals surface area contributed by atoms with Crippen LogP contribution in [0.2, 0.25) is 0 Å². The summed E-state index contributed by atoms with van der Waals surface area (Å²) in [5.74, 6) is 0.434. The van der Waals surface area contributed by atoms with Gasteiger partial charge in [-0.2, -0.15) is 0 Å². The van der Waals surface area contributed by atoms with Crippen LogP contribution in [0.15, 0.2) is 48.8 Å². The molecule has 0 aliphatic heterocycles. The van der Waals surface area contributed by atoms with Crippen LogP contribution in [0, 0.1) is 5.92 Å². The number of benzene rings is 1. The van der Waals surface area contributed by atoms with Crippen molar-refractivity contribution in [3.63, 3.8) is 0 Å². The number of anilines is 1. The van der Waals surface area contributed by atoms with Crippen LogP contribution in [0.25, 0.3) is 0 Å². The molecule has 1 heterocycles. The molecule has 0 saturated heterocycles. The number of aromatic nitrogens is 1. The lowest BCUT2D eigenvalue weighted by Crippen LogP contribution is -2.23. The molecule has 1 fully saturated rings. The molecule has 2 amide bonds. The van der Waals surface area contributed by atoms with Crippen LogP contribution in [-0.2, 0) is 11.3 Å². The van der Waals surface area contributed by atoms with Gasteiger partial charge in [0.25, 0.3) is 5.91 Å². The minimum absolute atomic E-state index is 0.0773. The Labute approximate surface area is 154 Å². The number of nitrogens with zero attached hydrogens (tertiary/aromatic N) is 1. The van der Waals surface area contributed by atoms with Gasteiger partial charge < -0.3 is 10.6 Å². The summed E-state index contributed by atoms with van der Waals surface area (Å²) in [5, 5.41) is 5.86. The van der Waals surface area contributed by atoms with Crippen LogP contribution in [0.4, 0.5) is 5.69 Å². The Balaban J connectivity index is 1.51. The highest BCUT2D eigenvalue weighted by molar-refractivity contribution is 5.94.